The number of hydrogen-bond donors (Lipinski definition) is 0. The number of hydrogen-bond acceptors (Lipinski definition) is 0. The van der Waals surface area contributed by atoms with E-state index in [9.17, 15) is 0 Å². The van der Waals surface area contributed by atoms with Gasteiger partial charge in [-0.15, -0.1) is 0 Å². The average molecular weight is 453 g/mol. The molecule has 3 aromatic rings. The van der Waals surface area contributed by atoms with E-state index in [0.29, 0.717) is 0 Å². The Morgan fingerprint density at radius 1 is 0.625 bits per heavy atom. The van der Waals surface area contributed by atoms with Crippen LogP contribution >= 0.6 is 0 Å². The third-order valence-electron chi connectivity index (χ3n) is 7.16. The van der Waals surface area contributed by atoms with Crippen molar-refractivity contribution in [2.75, 3.05) is 0 Å². The van der Waals surface area contributed by atoms with Gasteiger partial charge in [-0.2, -0.15) is 0 Å². The van der Waals surface area contributed by atoms with Gasteiger partial charge in [-0.1, -0.05) is 158 Å². The third-order valence-corrected chi connectivity index (χ3v) is 18.3. The molecule has 0 aromatic heterocycles. The van der Waals surface area contributed by atoms with Crippen LogP contribution in [-0.4, -0.2) is 16.1 Å². The zero-order chi connectivity index (χ0) is 22.6. The fraction of sp³-hybridized carbons (Fsp3) is 0.267. The van der Waals surface area contributed by atoms with Crippen LogP contribution in [0.2, 0.25) is 13.1 Å². The van der Waals surface area contributed by atoms with Crippen molar-refractivity contribution in [3.8, 4) is 0 Å². The molecule has 0 fully saturated rings. The second-order valence-corrected chi connectivity index (χ2v) is 18.2. The molecule has 2 heteroatoms. The molecule has 0 atom stereocenters. The quantitative estimate of drug-likeness (QED) is 0.351. The van der Waals surface area contributed by atoms with E-state index in [1.54, 1.807) is 31.1 Å². The van der Waals surface area contributed by atoms with E-state index in [2.05, 4.69) is 124 Å². The van der Waals surface area contributed by atoms with E-state index in [1.807, 2.05) is 0 Å². The average Bonchev–Trinajstić information content (AvgIpc) is 3.17. The van der Waals surface area contributed by atoms with Crippen molar-refractivity contribution in [1.82, 2.24) is 0 Å². The Morgan fingerprint density at radius 3 is 1.56 bits per heavy atom. The minimum atomic E-state index is -2.28. The molecule has 0 radical (unpaired) electrons. The Kier molecular flexibility index (Phi) is 6.83. The van der Waals surface area contributed by atoms with Crippen molar-refractivity contribution in [2.24, 2.45) is 0 Å². The Balaban J connectivity index is 2.09. The van der Waals surface area contributed by atoms with Crippen molar-refractivity contribution >= 4 is 31.7 Å². The first-order chi connectivity index (χ1) is 15.6. The molecule has 1 aliphatic rings. The Hall–Kier alpha value is -2.43. The van der Waals surface area contributed by atoms with Crippen LogP contribution in [0.4, 0.5) is 0 Å². The molecule has 1 heterocycles. The van der Waals surface area contributed by atoms with Gasteiger partial charge in [-0.3, -0.25) is 0 Å². The van der Waals surface area contributed by atoms with Gasteiger partial charge < -0.3 is 0 Å². The number of rotatable bonds is 8. The Bertz CT molecular complexity index is 1050. The van der Waals surface area contributed by atoms with Gasteiger partial charge in [0.1, 0.15) is 8.07 Å². The summed E-state index contributed by atoms with van der Waals surface area (Å²) < 4.78 is 0. The summed E-state index contributed by atoms with van der Waals surface area (Å²) in [5, 5.41) is 6.43. The molecule has 0 nitrogen and oxygen atoms in total. The van der Waals surface area contributed by atoms with Crippen LogP contribution in [0.15, 0.2) is 113 Å². The maximum Gasteiger partial charge on any atom is 0.168 e. The van der Waals surface area contributed by atoms with Crippen LogP contribution in [-0.2, 0) is 0 Å². The first kappa shape index (κ1) is 22.8. The summed E-state index contributed by atoms with van der Waals surface area (Å²) in [5.74, 6) is 0. The molecular formula is C30H36Si2. The van der Waals surface area contributed by atoms with Crippen LogP contribution in [0.1, 0.15) is 39.5 Å². The predicted octanol–water partition coefficient (Wildman–Crippen LogP) is 6.32. The molecule has 4 rings (SSSR count). The molecule has 1 aliphatic heterocycles. The molecule has 0 N–H and O–H groups in total. The van der Waals surface area contributed by atoms with Gasteiger partial charge in [0.25, 0.3) is 0 Å². The van der Waals surface area contributed by atoms with Gasteiger partial charge in [-0.25, -0.2) is 0 Å². The minimum absolute atomic E-state index is 1.19. The molecule has 164 valence electrons. The molecule has 3 aromatic carbocycles. The van der Waals surface area contributed by atoms with E-state index in [1.165, 1.54) is 25.7 Å². The SMILES string of the molecule is CCCC1=C(CCC)[Si](c2ccccc2)(c2ccccc2)C([Si](C)(C)c2ccccc2)=C1. The van der Waals surface area contributed by atoms with Crippen LogP contribution in [0.5, 0.6) is 0 Å². The molecular weight excluding hydrogens is 417 g/mol. The van der Waals surface area contributed by atoms with E-state index in [4.69, 9.17) is 0 Å². The Labute approximate surface area is 196 Å². The van der Waals surface area contributed by atoms with Crippen molar-refractivity contribution in [3.63, 3.8) is 0 Å². The second kappa shape index (κ2) is 9.60. The summed E-state index contributed by atoms with van der Waals surface area (Å²) in [7, 11) is -4.19. The van der Waals surface area contributed by atoms with Crippen molar-refractivity contribution in [1.29, 1.82) is 0 Å². The fourth-order valence-electron chi connectivity index (χ4n) is 5.73. The highest BCUT2D eigenvalue weighted by atomic mass is 28.4. The highest BCUT2D eigenvalue weighted by Crippen LogP contribution is 2.42. The molecule has 0 spiro atoms. The first-order valence-electron chi connectivity index (χ1n) is 12.2. The Morgan fingerprint density at radius 2 is 1.09 bits per heavy atom. The van der Waals surface area contributed by atoms with Crippen molar-refractivity contribution < 1.29 is 0 Å². The van der Waals surface area contributed by atoms with Gasteiger partial charge in [-0.05, 0) is 23.2 Å². The van der Waals surface area contributed by atoms with Crippen molar-refractivity contribution in [2.45, 2.75) is 52.6 Å². The summed E-state index contributed by atoms with van der Waals surface area (Å²) in [5.41, 5.74) is 1.64. The third kappa shape index (κ3) is 3.80. The highest BCUT2D eigenvalue weighted by Gasteiger charge is 2.53. The van der Waals surface area contributed by atoms with Crippen LogP contribution in [0, 0.1) is 0 Å². The fourth-order valence-corrected chi connectivity index (χ4v) is 18.2. The summed E-state index contributed by atoms with van der Waals surface area (Å²) in [6, 6.07) is 34.4. The molecule has 0 aliphatic carbocycles. The van der Waals surface area contributed by atoms with Gasteiger partial charge >= 0.3 is 0 Å². The molecule has 0 unspecified atom stereocenters. The van der Waals surface area contributed by atoms with Crippen LogP contribution in [0.3, 0.4) is 0 Å². The van der Waals surface area contributed by atoms with E-state index >= 15 is 0 Å². The van der Waals surface area contributed by atoms with Gasteiger partial charge in [0, 0.05) is 0 Å². The van der Waals surface area contributed by atoms with Gasteiger partial charge in [0.2, 0.25) is 0 Å². The summed E-state index contributed by atoms with van der Waals surface area (Å²) in [4.78, 5) is 1.78. The van der Waals surface area contributed by atoms with Crippen LogP contribution < -0.4 is 15.6 Å². The summed E-state index contributed by atoms with van der Waals surface area (Å²) >= 11 is 0. The molecule has 0 bridgehead atoms. The lowest BCUT2D eigenvalue weighted by atomic mass is 10.1. The molecule has 0 amide bonds. The van der Waals surface area contributed by atoms with Gasteiger partial charge in [0.15, 0.2) is 8.07 Å². The standard InChI is InChI=1S/C30H36Si2/c1-5-16-25-24-30(31(3,4)26-18-10-7-11-19-26)32(29(25)17-6-2,27-20-12-8-13-21-27)28-22-14-9-15-23-28/h7-15,18-24H,5-6,16-17H2,1-4H3. The maximum absolute atomic E-state index is 2.69. The molecule has 0 saturated heterocycles. The number of allylic oxidation sites excluding steroid dienone is 3. The van der Waals surface area contributed by atoms with Crippen molar-refractivity contribution in [3.05, 3.63) is 113 Å². The van der Waals surface area contributed by atoms with E-state index in [-0.39, 0.29) is 0 Å². The topological polar surface area (TPSA) is 0 Å². The molecule has 0 saturated carbocycles. The van der Waals surface area contributed by atoms with Gasteiger partial charge in [0.05, 0.1) is 0 Å². The highest BCUT2D eigenvalue weighted by molar-refractivity contribution is 7.24. The second-order valence-electron chi connectivity index (χ2n) is 9.53. The minimum Gasteiger partial charge on any atom is -0.0732 e. The maximum atomic E-state index is 2.69. The monoisotopic (exact) mass is 452 g/mol. The zero-order valence-corrected chi connectivity index (χ0v) is 22.1. The van der Waals surface area contributed by atoms with E-state index < -0.39 is 16.1 Å². The number of benzene rings is 3. The first-order valence-corrected chi connectivity index (χ1v) is 17.2. The lowest BCUT2D eigenvalue weighted by Gasteiger charge is -2.41. The predicted molar refractivity (Wildman–Crippen MR) is 146 cm³/mol. The lowest BCUT2D eigenvalue weighted by Crippen LogP contribution is -2.67. The molecule has 32 heavy (non-hydrogen) atoms. The van der Waals surface area contributed by atoms with E-state index in [0.717, 1.165) is 0 Å². The normalized spacial score (nSPS) is 15.7. The zero-order valence-electron chi connectivity index (χ0n) is 20.1. The lowest BCUT2D eigenvalue weighted by molar-refractivity contribution is 0.884. The largest absolute Gasteiger partial charge is 0.168 e. The summed E-state index contributed by atoms with van der Waals surface area (Å²) in [6.07, 6.45) is 7.48. The summed E-state index contributed by atoms with van der Waals surface area (Å²) in [6.45, 7) is 9.85. The van der Waals surface area contributed by atoms with Crippen LogP contribution in [0.25, 0.3) is 0 Å². The smallest absolute Gasteiger partial charge is 0.0732 e.